The SMILES string of the molecule is CC.COc1ccc(NC(=S)N2CC(n3cc(C#N)c4cc(F)ccc43)C2)cn1.CS. The molecule has 0 bridgehead atoms. The van der Waals surface area contributed by atoms with Crippen molar-refractivity contribution >= 4 is 46.5 Å². The van der Waals surface area contributed by atoms with E-state index in [1.807, 2.05) is 29.4 Å². The number of benzene rings is 1. The molecule has 0 radical (unpaired) electrons. The van der Waals surface area contributed by atoms with E-state index in [4.69, 9.17) is 17.0 Å². The molecule has 1 aromatic carbocycles. The van der Waals surface area contributed by atoms with Gasteiger partial charge in [0.05, 0.1) is 30.6 Å². The molecule has 1 N–H and O–H groups in total. The summed E-state index contributed by atoms with van der Waals surface area (Å²) in [7, 11) is 1.57. The summed E-state index contributed by atoms with van der Waals surface area (Å²) in [6, 6.07) is 10.5. The molecule has 0 atom stereocenters. The van der Waals surface area contributed by atoms with E-state index in [9.17, 15) is 9.65 Å². The Morgan fingerprint density at radius 3 is 2.58 bits per heavy atom. The number of nitrogens with zero attached hydrogens (tertiary/aromatic N) is 4. The Labute approximate surface area is 193 Å². The van der Waals surface area contributed by atoms with Gasteiger partial charge in [0, 0.05) is 36.3 Å². The molecule has 164 valence electrons. The lowest BCUT2D eigenvalue weighted by Gasteiger charge is -2.42. The van der Waals surface area contributed by atoms with Crippen molar-refractivity contribution < 1.29 is 9.13 Å². The van der Waals surface area contributed by atoms with Gasteiger partial charge in [0.25, 0.3) is 0 Å². The summed E-state index contributed by atoms with van der Waals surface area (Å²) in [5.41, 5.74) is 2.13. The lowest BCUT2D eigenvalue weighted by molar-refractivity contribution is 0.200. The maximum absolute atomic E-state index is 13.5. The lowest BCUT2D eigenvalue weighted by atomic mass is 10.1. The number of nitrogens with one attached hydrogen (secondary N) is 1. The molecule has 31 heavy (non-hydrogen) atoms. The van der Waals surface area contributed by atoms with Gasteiger partial charge in [-0.3, -0.25) is 0 Å². The first-order valence-electron chi connectivity index (χ1n) is 9.80. The summed E-state index contributed by atoms with van der Waals surface area (Å²) in [6.07, 6.45) is 5.14. The second kappa shape index (κ2) is 11.5. The minimum absolute atomic E-state index is 0.175. The van der Waals surface area contributed by atoms with Crippen molar-refractivity contribution in [1.29, 1.82) is 5.26 Å². The highest BCUT2D eigenvalue weighted by atomic mass is 32.1. The first kappa shape index (κ1) is 24.4. The maximum Gasteiger partial charge on any atom is 0.213 e. The van der Waals surface area contributed by atoms with Crippen LogP contribution in [-0.4, -0.2) is 46.0 Å². The normalized spacial score (nSPS) is 12.5. The van der Waals surface area contributed by atoms with Crippen molar-refractivity contribution in [3.63, 3.8) is 0 Å². The molecule has 9 heteroatoms. The van der Waals surface area contributed by atoms with Gasteiger partial charge in [0.15, 0.2) is 5.11 Å². The molecule has 0 aliphatic carbocycles. The first-order valence-corrected chi connectivity index (χ1v) is 11.1. The van der Waals surface area contributed by atoms with Crippen molar-refractivity contribution in [2.45, 2.75) is 19.9 Å². The summed E-state index contributed by atoms with van der Waals surface area (Å²) < 4.78 is 20.6. The fourth-order valence-corrected chi connectivity index (χ4v) is 3.46. The topological polar surface area (TPSA) is 66.1 Å². The lowest BCUT2D eigenvalue weighted by Crippen LogP contribution is -2.52. The van der Waals surface area contributed by atoms with Gasteiger partial charge >= 0.3 is 0 Å². The molecule has 0 spiro atoms. The number of nitriles is 1. The number of rotatable bonds is 3. The fourth-order valence-electron chi connectivity index (χ4n) is 3.19. The van der Waals surface area contributed by atoms with E-state index in [0.717, 1.165) is 11.2 Å². The Hall–Kier alpha value is -2.83. The molecular weight excluding hydrogens is 433 g/mol. The molecule has 0 amide bonds. The second-order valence-electron chi connectivity index (χ2n) is 6.30. The van der Waals surface area contributed by atoms with Crippen molar-refractivity contribution in [1.82, 2.24) is 14.5 Å². The Kier molecular flexibility index (Phi) is 9.09. The van der Waals surface area contributed by atoms with E-state index in [0.29, 0.717) is 35.0 Å². The van der Waals surface area contributed by atoms with Crippen molar-refractivity contribution in [3.8, 4) is 11.9 Å². The number of pyridine rings is 1. The molecule has 4 rings (SSSR count). The van der Waals surface area contributed by atoms with Gasteiger partial charge < -0.3 is 19.5 Å². The van der Waals surface area contributed by atoms with E-state index in [-0.39, 0.29) is 11.9 Å². The predicted octanol–water partition coefficient (Wildman–Crippen LogP) is 4.88. The molecule has 1 saturated heterocycles. The zero-order chi connectivity index (χ0) is 23.0. The van der Waals surface area contributed by atoms with Crippen molar-refractivity contribution in [2.24, 2.45) is 0 Å². The van der Waals surface area contributed by atoms with Crippen molar-refractivity contribution in [3.05, 3.63) is 54.1 Å². The number of methoxy groups -OCH3 is 1. The van der Waals surface area contributed by atoms with Crippen LogP contribution in [0, 0.1) is 17.1 Å². The van der Waals surface area contributed by atoms with Crippen LogP contribution in [0.2, 0.25) is 0 Å². The molecule has 1 aliphatic rings. The van der Waals surface area contributed by atoms with Crippen molar-refractivity contribution in [2.75, 3.05) is 31.8 Å². The van der Waals surface area contributed by atoms with Gasteiger partial charge in [-0.2, -0.15) is 17.9 Å². The van der Waals surface area contributed by atoms with Gasteiger partial charge in [-0.15, -0.1) is 0 Å². The van der Waals surface area contributed by atoms with E-state index in [1.54, 1.807) is 37.9 Å². The number of fused-ring (bicyclic) bond motifs is 1. The second-order valence-corrected chi connectivity index (χ2v) is 6.69. The summed E-state index contributed by atoms with van der Waals surface area (Å²) in [5.74, 6) is 0.199. The average molecular weight is 460 g/mol. The van der Waals surface area contributed by atoms with Crippen LogP contribution in [0.5, 0.6) is 5.88 Å². The standard InChI is InChI=1S/C19H16FN5OS.C2H6.CH4S/c1-26-18-5-3-14(8-22-18)23-19(27)24-10-15(11-24)25-9-12(7-21)16-6-13(20)2-4-17(16)25;2*1-2/h2-6,8-9,15H,10-11H2,1H3,(H,23,27);1-2H3;2H,1H3. The fraction of sp³-hybridized carbons (Fsp3) is 0.318. The molecule has 0 unspecified atom stereocenters. The van der Waals surface area contributed by atoms with Crippen LogP contribution in [0.25, 0.3) is 10.9 Å². The number of hydrogen-bond acceptors (Lipinski definition) is 5. The van der Waals surface area contributed by atoms with Crippen LogP contribution < -0.4 is 10.1 Å². The number of thiocarbonyl (C=S) groups is 1. The van der Waals surface area contributed by atoms with E-state index >= 15 is 0 Å². The van der Waals surface area contributed by atoms with E-state index in [2.05, 4.69) is 29.0 Å². The largest absolute Gasteiger partial charge is 0.481 e. The van der Waals surface area contributed by atoms with Crippen LogP contribution in [0.1, 0.15) is 25.5 Å². The number of hydrogen-bond donors (Lipinski definition) is 2. The van der Waals surface area contributed by atoms with Gasteiger partial charge in [0.2, 0.25) is 5.88 Å². The summed E-state index contributed by atoms with van der Waals surface area (Å²) in [4.78, 5) is 6.17. The molecule has 1 aliphatic heterocycles. The molecule has 1 fully saturated rings. The quantitative estimate of drug-likeness (QED) is 0.430. The number of aromatic nitrogens is 2. The first-order chi connectivity index (χ1) is 15.1. The van der Waals surface area contributed by atoms with Crippen LogP contribution >= 0.6 is 24.8 Å². The highest BCUT2D eigenvalue weighted by Crippen LogP contribution is 2.30. The highest BCUT2D eigenvalue weighted by Gasteiger charge is 2.31. The predicted molar refractivity (Wildman–Crippen MR) is 130 cm³/mol. The molecule has 0 saturated carbocycles. The Morgan fingerprint density at radius 2 is 2.00 bits per heavy atom. The van der Waals surface area contributed by atoms with E-state index < -0.39 is 0 Å². The summed E-state index contributed by atoms with van der Waals surface area (Å²) >= 11 is 8.99. The number of anilines is 1. The Balaban J connectivity index is 0.000000807. The maximum atomic E-state index is 13.5. The Bertz CT molecular complexity index is 1060. The molecule has 2 aromatic heterocycles. The summed E-state index contributed by atoms with van der Waals surface area (Å²) in [5, 5.41) is 13.7. The number of halogens is 1. The number of thiol groups is 1. The van der Waals surface area contributed by atoms with Gasteiger partial charge in [0.1, 0.15) is 11.9 Å². The third-order valence-corrected chi connectivity index (χ3v) is 5.02. The number of ether oxygens (including phenoxy) is 1. The third kappa shape index (κ3) is 5.46. The third-order valence-electron chi connectivity index (χ3n) is 4.66. The molecule has 3 heterocycles. The zero-order valence-corrected chi connectivity index (χ0v) is 19.7. The average Bonchev–Trinajstić information content (AvgIpc) is 3.13. The Morgan fingerprint density at radius 1 is 1.29 bits per heavy atom. The smallest absolute Gasteiger partial charge is 0.213 e. The van der Waals surface area contributed by atoms with Gasteiger partial charge in [-0.05, 0) is 42.7 Å². The van der Waals surface area contributed by atoms with E-state index in [1.165, 1.54) is 12.1 Å². The molecular formula is C22H26FN5OS2. The van der Waals surface area contributed by atoms with Crippen LogP contribution in [0.15, 0.2) is 42.7 Å². The monoisotopic (exact) mass is 459 g/mol. The van der Waals surface area contributed by atoms with Crippen LogP contribution in [-0.2, 0) is 0 Å². The molecule has 6 nitrogen and oxygen atoms in total. The minimum Gasteiger partial charge on any atom is -0.481 e. The highest BCUT2D eigenvalue weighted by molar-refractivity contribution is 7.80. The number of likely N-dealkylation sites (tertiary alicyclic amines) is 1. The van der Waals surface area contributed by atoms with Gasteiger partial charge in [-0.25, -0.2) is 9.37 Å². The van der Waals surface area contributed by atoms with Crippen LogP contribution in [0.3, 0.4) is 0 Å². The molecule has 3 aromatic rings. The summed E-state index contributed by atoms with van der Waals surface area (Å²) in [6.45, 7) is 5.42. The zero-order valence-electron chi connectivity index (χ0n) is 18.0. The van der Waals surface area contributed by atoms with Gasteiger partial charge in [-0.1, -0.05) is 13.8 Å². The van der Waals surface area contributed by atoms with Crippen LogP contribution in [0.4, 0.5) is 10.1 Å². The minimum atomic E-state index is -0.342.